The van der Waals surface area contributed by atoms with E-state index < -0.39 is 0 Å². The molecule has 104 valence electrons. The predicted molar refractivity (Wildman–Crippen MR) is 80.1 cm³/mol. The molecule has 0 spiro atoms. The molecule has 1 aliphatic heterocycles. The molecule has 1 N–H and O–H groups in total. The van der Waals surface area contributed by atoms with Crippen LogP contribution >= 0.6 is 0 Å². The summed E-state index contributed by atoms with van der Waals surface area (Å²) in [6, 6.07) is 7.76. The first-order valence-electron chi connectivity index (χ1n) is 7.78. The van der Waals surface area contributed by atoms with Crippen molar-refractivity contribution in [2.24, 2.45) is 5.92 Å². The Labute approximate surface area is 117 Å². The summed E-state index contributed by atoms with van der Waals surface area (Å²) in [5.41, 5.74) is 4.54. The largest absolute Gasteiger partial charge is 0.312 e. The summed E-state index contributed by atoms with van der Waals surface area (Å²) in [6.45, 7) is 9.22. The van der Waals surface area contributed by atoms with Crippen LogP contribution in [0.4, 0.5) is 0 Å². The molecule has 1 aromatic rings. The van der Waals surface area contributed by atoms with E-state index in [0.717, 1.165) is 25.6 Å². The zero-order valence-corrected chi connectivity index (χ0v) is 12.3. The second kappa shape index (κ2) is 5.64. The van der Waals surface area contributed by atoms with Gasteiger partial charge in [0, 0.05) is 25.7 Å². The van der Waals surface area contributed by atoms with Crippen molar-refractivity contribution in [3.63, 3.8) is 0 Å². The third-order valence-corrected chi connectivity index (χ3v) is 4.46. The highest BCUT2D eigenvalue weighted by Gasteiger charge is 2.25. The van der Waals surface area contributed by atoms with Gasteiger partial charge in [0.15, 0.2) is 0 Å². The third-order valence-electron chi connectivity index (χ3n) is 4.46. The number of nitrogens with zero attached hydrogens (tertiary/aromatic N) is 1. The van der Waals surface area contributed by atoms with Crippen molar-refractivity contribution in [1.29, 1.82) is 0 Å². The van der Waals surface area contributed by atoms with Crippen LogP contribution in [0.5, 0.6) is 0 Å². The lowest BCUT2D eigenvalue weighted by Crippen LogP contribution is -2.32. The lowest BCUT2D eigenvalue weighted by Gasteiger charge is -2.27. The maximum atomic E-state index is 3.47. The van der Waals surface area contributed by atoms with Crippen molar-refractivity contribution in [1.82, 2.24) is 10.2 Å². The summed E-state index contributed by atoms with van der Waals surface area (Å²) in [5.74, 6) is 0.974. The Hall–Kier alpha value is -0.860. The molecular formula is C17H26N2. The fourth-order valence-electron chi connectivity index (χ4n) is 2.96. The predicted octanol–water partition coefficient (Wildman–Crippen LogP) is 2.95. The highest BCUT2D eigenvalue weighted by Crippen LogP contribution is 2.31. The van der Waals surface area contributed by atoms with E-state index in [1.54, 1.807) is 5.56 Å². The van der Waals surface area contributed by atoms with Crippen molar-refractivity contribution >= 4 is 0 Å². The lowest BCUT2D eigenvalue weighted by atomic mass is 9.98. The molecule has 0 amide bonds. The molecule has 1 heterocycles. The highest BCUT2D eigenvalue weighted by molar-refractivity contribution is 5.33. The monoisotopic (exact) mass is 258 g/mol. The molecule has 0 bridgehead atoms. The molecule has 0 unspecified atom stereocenters. The number of rotatable bonds is 5. The first-order chi connectivity index (χ1) is 9.22. The lowest BCUT2D eigenvalue weighted by molar-refractivity contribution is 0.203. The minimum atomic E-state index is 0.648. The average Bonchev–Trinajstić information content (AvgIpc) is 3.22. The average molecular weight is 258 g/mol. The summed E-state index contributed by atoms with van der Waals surface area (Å²) in [6.07, 6.45) is 4.07. The normalized spacial score (nSPS) is 18.9. The molecular weight excluding hydrogens is 232 g/mol. The maximum absolute atomic E-state index is 3.47. The number of fused-ring (bicyclic) bond motifs is 1. The van der Waals surface area contributed by atoms with E-state index in [0.29, 0.717) is 6.04 Å². The Kier molecular flexibility index (Phi) is 3.90. The first-order valence-corrected chi connectivity index (χ1v) is 7.78. The molecule has 1 saturated carbocycles. The number of benzene rings is 1. The zero-order valence-electron chi connectivity index (χ0n) is 12.3. The second-order valence-corrected chi connectivity index (χ2v) is 6.50. The van der Waals surface area contributed by atoms with Crippen LogP contribution in [0.3, 0.4) is 0 Å². The van der Waals surface area contributed by atoms with E-state index in [-0.39, 0.29) is 0 Å². The number of nitrogens with one attached hydrogen (secondary N) is 1. The van der Waals surface area contributed by atoms with Gasteiger partial charge in [-0.1, -0.05) is 18.2 Å². The van der Waals surface area contributed by atoms with Gasteiger partial charge in [0.2, 0.25) is 0 Å². The summed E-state index contributed by atoms with van der Waals surface area (Å²) < 4.78 is 0. The fraction of sp³-hybridized carbons (Fsp3) is 0.647. The van der Waals surface area contributed by atoms with Gasteiger partial charge < -0.3 is 5.32 Å². The Balaban J connectivity index is 1.70. The molecule has 19 heavy (non-hydrogen) atoms. The van der Waals surface area contributed by atoms with E-state index in [2.05, 4.69) is 42.3 Å². The minimum absolute atomic E-state index is 0.648. The van der Waals surface area contributed by atoms with E-state index in [1.165, 1.54) is 36.9 Å². The summed E-state index contributed by atoms with van der Waals surface area (Å²) in [5, 5.41) is 3.47. The Morgan fingerprint density at radius 3 is 2.84 bits per heavy atom. The Morgan fingerprint density at radius 1 is 1.26 bits per heavy atom. The van der Waals surface area contributed by atoms with Crippen molar-refractivity contribution in [2.75, 3.05) is 13.1 Å². The fourth-order valence-corrected chi connectivity index (χ4v) is 2.96. The van der Waals surface area contributed by atoms with Crippen molar-refractivity contribution in [2.45, 2.75) is 52.2 Å². The van der Waals surface area contributed by atoms with Gasteiger partial charge in [-0.25, -0.2) is 0 Å². The molecule has 1 aromatic carbocycles. The van der Waals surface area contributed by atoms with E-state index in [4.69, 9.17) is 0 Å². The molecule has 0 saturated heterocycles. The number of hydrogen-bond donors (Lipinski definition) is 1. The van der Waals surface area contributed by atoms with Gasteiger partial charge in [0.1, 0.15) is 0 Å². The smallest absolute Gasteiger partial charge is 0.0236 e. The van der Waals surface area contributed by atoms with E-state index in [9.17, 15) is 0 Å². The third kappa shape index (κ3) is 3.37. The van der Waals surface area contributed by atoms with E-state index in [1.807, 2.05) is 0 Å². The van der Waals surface area contributed by atoms with Crippen molar-refractivity contribution < 1.29 is 0 Å². The molecule has 1 aliphatic carbocycles. The molecule has 0 radical (unpaired) electrons. The topological polar surface area (TPSA) is 15.3 Å². The second-order valence-electron chi connectivity index (χ2n) is 6.50. The standard InChI is InChI=1S/C17H26N2/c1-13(2)19(11-14-3-4-14)12-15-5-6-16-7-8-18-10-17(16)9-15/h5-6,9,13-14,18H,3-4,7-8,10-12H2,1-2H3. The van der Waals surface area contributed by atoms with Gasteiger partial charge in [-0.3, -0.25) is 4.90 Å². The molecule has 1 fully saturated rings. The van der Waals surface area contributed by atoms with Gasteiger partial charge in [0.05, 0.1) is 0 Å². The molecule has 2 aliphatic rings. The van der Waals surface area contributed by atoms with Crippen LogP contribution in [0.25, 0.3) is 0 Å². The van der Waals surface area contributed by atoms with Gasteiger partial charge in [-0.15, -0.1) is 0 Å². The summed E-state index contributed by atoms with van der Waals surface area (Å²) in [7, 11) is 0. The maximum Gasteiger partial charge on any atom is 0.0236 e. The van der Waals surface area contributed by atoms with Crippen LogP contribution in [-0.2, 0) is 19.5 Å². The Bertz CT molecular complexity index is 435. The highest BCUT2D eigenvalue weighted by atomic mass is 15.1. The molecule has 3 rings (SSSR count). The van der Waals surface area contributed by atoms with Crippen LogP contribution < -0.4 is 5.32 Å². The molecule has 0 aromatic heterocycles. The zero-order chi connectivity index (χ0) is 13.2. The van der Waals surface area contributed by atoms with Gasteiger partial charge in [-0.05, 0) is 62.3 Å². The van der Waals surface area contributed by atoms with E-state index >= 15 is 0 Å². The molecule has 2 nitrogen and oxygen atoms in total. The van der Waals surface area contributed by atoms with Crippen molar-refractivity contribution in [3.05, 3.63) is 34.9 Å². The van der Waals surface area contributed by atoms with Gasteiger partial charge >= 0.3 is 0 Å². The Morgan fingerprint density at radius 2 is 2.11 bits per heavy atom. The van der Waals surface area contributed by atoms with Crippen LogP contribution in [-0.4, -0.2) is 24.0 Å². The summed E-state index contributed by atoms with van der Waals surface area (Å²) >= 11 is 0. The summed E-state index contributed by atoms with van der Waals surface area (Å²) in [4.78, 5) is 2.63. The quantitative estimate of drug-likeness (QED) is 0.873. The van der Waals surface area contributed by atoms with Gasteiger partial charge in [0.25, 0.3) is 0 Å². The van der Waals surface area contributed by atoms with Crippen molar-refractivity contribution in [3.8, 4) is 0 Å². The van der Waals surface area contributed by atoms with Crippen LogP contribution in [0.15, 0.2) is 18.2 Å². The molecule has 0 atom stereocenters. The first kappa shape index (κ1) is 13.1. The SMILES string of the molecule is CC(C)N(Cc1ccc2c(c1)CNCC2)CC1CC1. The number of hydrogen-bond acceptors (Lipinski definition) is 2. The minimum Gasteiger partial charge on any atom is -0.312 e. The van der Waals surface area contributed by atoms with Crippen LogP contribution in [0.2, 0.25) is 0 Å². The van der Waals surface area contributed by atoms with Crippen LogP contribution in [0.1, 0.15) is 43.4 Å². The van der Waals surface area contributed by atoms with Crippen LogP contribution in [0, 0.1) is 5.92 Å². The van der Waals surface area contributed by atoms with Gasteiger partial charge in [-0.2, -0.15) is 0 Å². The molecule has 2 heteroatoms.